The number of carbonyl (C=O) groups is 1. The van der Waals surface area contributed by atoms with Gasteiger partial charge in [-0.05, 0) is 43.4 Å². The zero-order valence-electron chi connectivity index (χ0n) is 17.2. The molecule has 2 atom stereocenters. The molecule has 0 saturated carbocycles. The van der Waals surface area contributed by atoms with E-state index in [2.05, 4.69) is 44.4 Å². The first-order chi connectivity index (χ1) is 14.8. The van der Waals surface area contributed by atoms with Gasteiger partial charge in [-0.3, -0.25) is 9.69 Å². The van der Waals surface area contributed by atoms with Crippen LogP contribution in [0.5, 0.6) is 0 Å². The Morgan fingerprint density at radius 3 is 2.73 bits per heavy atom. The van der Waals surface area contributed by atoms with Crippen molar-refractivity contribution >= 4 is 23.0 Å². The van der Waals surface area contributed by atoms with E-state index in [0.717, 1.165) is 63.0 Å². The van der Waals surface area contributed by atoms with Crippen molar-refractivity contribution in [3.63, 3.8) is 0 Å². The maximum Gasteiger partial charge on any atom is 0.299 e. The van der Waals surface area contributed by atoms with Crippen LogP contribution in [0.3, 0.4) is 0 Å². The van der Waals surface area contributed by atoms with Gasteiger partial charge in [0.15, 0.2) is 5.58 Å². The van der Waals surface area contributed by atoms with Crippen LogP contribution in [0.2, 0.25) is 0 Å². The van der Waals surface area contributed by atoms with Gasteiger partial charge in [0.25, 0.3) is 6.01 Å². The van der Waals surface area contributed by atoms with Crippen LogP contribution in [0.1, 0.15) is 31.2 Å². The molecule has 2 aliphatic rings. The summed E-state index contributed by atoms with van der Waals surface area (Å²) in [6.45, 7) is 3.65. The first kappa shape index (κ1) is 19.1. The van der Waals surface area contributed by atoms with Crippen LogP contribution in [-0.4, -0.2) is 47.5 Å². The monoisotopic (exact) mass is 404 g/mol. The van der Waals surface area contributed by atoms with Gasteiger partial charge in [0, 0.05) is 32.2 Å². The molecule has 2 saturated heterocycles. The predicted molar refractivity (Wildman–Crippen MR) is 117 cm³/mol. The number of nitrogens with zero attached hydrogens (tertiary/aromatic N) is 3. The molecule has 2 aromatic carbocycles. The summed E-state index contributed by atoms with van der Waals surface area (Å²) in [6.07, 6.45) is 3.94. The summed E-state index contributed by atoms with van der Waals surface area (Å²) in [5.41, 5.74) is 2.92. The highest BCUT2D eigenvalue weighted by Gasteiger charge is 2.34. The Morgan fingerprint density at radius 1 is 1.03 bits per heavy atom. The largest absolute Gasteiger partial charge is 0.423 e. The molecule has 1 aromatic heterocycles. The maximum absolute atomic E-state index is 13.2. The van der Waals surface area contributed by atoms with E-state index in [1.165, 1.54) is 5.56 Å². The molecular weight excluding hydrogens is 376 g/mol. The quantitative estimate of drug-likeness (QED) is 0.704. The van der Waals surface area contributed by atoms with E-state index in [4.69, 9.17) is 4.42 Å². The molecule has 0 unspecified atom stereocenters. The molecule has 1 amide bonds. The molecular formula is C24H28N4O2. The van der Waals surface area contributed by atoms with Gasteiger partial charge in [0.1, 0.15) is 11.6 Å². The lowest BCUT2D eigenvalue weighted by atomic mass is 10.0. The van der Waals surface area contributed by atoms with Gasteiger partial charge in [-0.1, -0.05) is 42.5 Å². The van der Waals surface area contributed by atoms with Crippen LogP contribution in [0.4, 0.5) is 6.01 Å². The summed E-state index contributed by atoms with van der Waals surface area (Å²) in [6, 6.07) is 18.8. The minimum absolute atomic E-state index is 0.100. The van der Waals surface area contributed by atoms with Gasteiger partial charge in [0.05, 0.1) is 0 Å². The highest BCUT2D eigenvalue weighted by molar-refractivity contribution is 5.85. The molecule has 3 heterocycles. The van der Waals surface area contributed by atoms with Crippen molar-refractivity contribution in [2.75, 3.05) is 24.5 Å². The highest BCUT2D eigenvalue weighted by atomic mass is 16.4. The number of hydrogen-bond donors (Lipinski definition) is 1. The number of rotatable bonds is 5. The van der Waals surface area contributed by atoms with Crippen molar-refractivity contribution in [2.24, 2.45) is 0 Å². The molecule has 5 rings (SSSR count). The highest BCUT2D eigenvalue weighted by Crippen LogP contribution is 2.28. The smallest absolute Gasteiger partial charge is 0.299 e. The van der Waals surface area contributed by atoms with E-state index >= 15 is 0 Å². The lowest BCUT2D eigenvalue weighted by Gasteiger charge is -2.34. The van der Waals surface area contributed by atoms with Crippen LogP contribution in [0.25, 0.3) is 11.1 Å². The van der Waals surface area contributed by atoms with Gasteiger partial charge in [-0.15, -0.1) is 0 Å². The summed E-state index contributed by atoms with van der Waals surface area (Å²) in [7, 11) is 0. The maximum atomic E-state index is 13.2. The number of benzene rings is 2. The van der Waals surface area contributed by atoms with Crippen LogP contribution in [-0.2, 0) is 11.3 Å². The Labute approximate surface area is 176 Å². The minimum Gasteiger partial charge on any atom is -0.423 e. The van der Waals surface area contributed by atoms with Gasteiger partial charge in [0.2, 0.25) is 5.91 Å². The third kappa shape index (κ3) is 4.05. The number of hydrogen-bond acceptors (Lipinski definition) is 5. The molecule has 0 spiro atoms. The van der Waals surface area contributed by atoms with E-state index < -0.39 is 0 Å². The third-order valence-corrected chi connectivity index (χ3v) is 6.20. The number of nitrogens with one attached hydrogen (secondary N) is 1. The minimum atomic E-state index is -0.213. The van der Waals surface area contributed by atoms with Crippen molar-refractivity contribution in [3.8, 4) is 0 Å². The number of likely N-dealkylation sites (tertiary alicyclic amines) is 1. The first-order valence-corrected chi connectivity index (χ1v) is 10.9. The molecule has 0 aliphatic carbocycles. The number of carbonyl (C=O) groups excluding carboxylic acids is 1. The standard InChI is InChI=1S/C24H28N4O2/c29-23(25-19-13-15-27(17-19)16-18-8-2-1-3-9-18)21-11-6-7-14-28(21)24-26-20-10-4-5-12-22(20)30-24/h1-5,8-10,12,19,21H,6-7,11,13-17H2,(H,25,29)/t19-,21+/m1/s1. The summed E-state index contributed by atoms with van der Waals surface area (Å²) in [4.78, 5) is 22.3. The summed E-state index contributed by atoms with van der Waals surface area (Å²) < 4.78 is 5.97. The number of para-hydroxylation sites is 2. The Kier molecular flexibility index (Phi) is 5.41. The normalized spacial score (nSPS) is 22.5. The summed E-state index contributed by atoms with van der Waals surface area (Å²) in [5, 5.41) is 3.31. The fourth-order valence-corrected chi connectivity index (χ4v) is 4.65. The van der Waals surface area contributed by atoms with Gasteiger partial charge in [-0.25, -0.2) is 0 Å². The van der Waals surface area contributed by atoms with Gasteiger partial charge in [-0.2, -0.15) is 4.98 Å². The number of oxazole rings is 1. The number of anilines is 1. The Balaban J connectivity index is 1.23. The van der Waals surface area contributed by atoms with Crippen molar-refractivity contribution in [1.29, 1.82) is 0 Å². The number of fused-ring (bicyclic) bond motifs is 1. The molecule has 2 aliphatic heterocycles. The average Bonchev–Trinajstić information content (AvgIpc) is 3.41. The number of piperidine rings is 1. The van der Waals surface area contributed by atoms with Crippen LogP contribution in [0, 0.1) is 0 Å². The molecule has 6 heteroatoms. The van der Waals surface area contributed by atoms with E-state index in [-0.39, 0.29) is 18.0 Å². The van der Waals surface area contributed by atoms with Gasteiger partial charge >= 0.3 is 0 Å². The molecule has 1 N–H and O–H groups in total. The number of amides is 1. The molecule has 3 aromatic rings. The van der Waals surface area contributed by atoms with Crippen molar-refractivity contribution in [3.05, 3.63) is 60.2 Å². The molecule has 6 nitrogen and oxygen atoms in total. The van der Waals surface area contributed by atoms with Crippen molar-refractivity contribution < 1.29 is 9.21 Å². The zero-order chi connectivity index (χ0) is 20.3. The molecule has 156 valence electrons. The van der Waals surface area contributed by atoms with Crippen molar-refractivity contribution in [2.45, 2.75) is 44.3 Å². The molecule has 0 bridgehead atoms. The second-order valence-electron chi connectivity index (χ2n) is 8.38. The topological polar surface area (TPSA) is 61.6 Å². The van der Waals surface area contributed by atoms with E-state index in [0.29, 0.717) is 6.01 Å². The summed E-state index contributed by atoms with van der Waals surface area (Å²) in [5.74, 6) is 0.100. The Bertz CT molecular complexity index is 970. The third-order valence-electron chi connectivity index (χ3n) is 6.20. The Morgan fingerprint density at radius 2 is 1.87 bits per heavy atom. The van der Waals surface area contributed by atoms with Crippen LogP contribution in [0.15, 0.2) is 59.0 Å². The lowest BCUT2D eigenvalue weighted by molar-refractivity contribution is -0.123. The molecule has 0 radical (unpaired) electrons. The average molecular weight is 405 g/mol. The number of aromatic nitrogens is 1. The van der Waals surface area contributed by atoms with Crippen molar-refractivity contribution in [1.82, 2.24) is 15.2 Å². The first-order valence-electron chi connectivity index (χ1n) is 10.9. The zero-order valence-corrected chi connectivity index (χ0v) is 17.2. The fourth-order valence-electron chi connectivity index (χ4n) is 4.65. The van der Waals surface area contributed by atoms with Gasteiger partial charge < -0.3 is 14.6 Å². The van der Waals surface area contributed by atoms with E-state index in [1.54, 1.807) is 0 Å². The summed E-state index contributed by atoms with van der Waals surface area (Å²) >= 11 is 0. The van der Waals surface area contributed by atoms with E-state index in [1.807, 2.05) is 30.3 Å². The molecule has 30 heavy (non-hydrogen) atoms. The fraction of sp³-hybridized carbons (Fsp3) is 0.417. The van der Waals surface area contributed by atoms with E-state index in [9.17, 15) is 4.79 Å². The Hall–Kier alpha value is -2.86. The second kappa shape index (κ2) is 8.48. The lowest BCUT2D eigenvalue weighted by Crippen LogP contribution is -2.52. The van der Waals surface area contributed by atoms with Crippen LogP contribution >= 0.6 is 0 Å². The second-order valence-corrected chi connectivity index (χ2v) is 8.38. The van der Waals surface area contributed by atoms with Crippen LogP contribution < -0.4 is 10.2 Å². The SMILES string of the molecule is O=C(N[C@@H]1CCN(Cc2ccccc2)C1)[C@@H]1CCCCN1c1nc2ccccc2o1. The molecule has 2 fully saturated rings. The predicted octanol–water partition coefficient (Wildman–Crippen LogP) is 3.58.